The van der Waals surface area contributed by atoms with Crippen LogP contribution in [0.5, 0.6) is 0 Å². The molecule has 0 spiro atoms. The molecule has 0 aromatic heterocycles. The van der Waals surface area contributed by atoms with E-state index in [0.717, 1.165) is 12.1 Å². The van der Waals surface area contributed by atoms with E-state index in [1.54, 1.807) is 0 Å². The fraction of sp³-hybridized carbons (Fsp3) is 0.533. The van der Waals surface area contributed by atoms with Gasteiger partial charge < -0.3 is 10.5 Å². The molecule has 1 aromatic rings. The highest BCUT2D eigenvalue weighted by Crippen LogP contribution is 2.34. The van der Waals surface area contributed by atoms with Crippen molar-refractivity contribution in [2.24, 2.45) is 11.1 Å². The lowest BCUT2D eigenvalue weighted by molar-refractivity contribution is -0.138. The van der Waals surface area contributed by atoms with Gasteiger partial charge in [0.15, 0.2) is 0 Å². The number of aryl methyl sites for hydroxylation is 1. The fourth-order valence-corrected chi connectivity index (χ4v) is 3.82. The maximum absolute atomic E-state index is 13.0. The summed E-state index contributed by atoms with van der Waals surface area (Å²) in [7, 11) is -4.23. The number of amides is 1. The number of carbonyl (C=O) groups excluding carboxylic acids is 1. The molecule has 3 N–H and O–H groups in total. The Morgan fingerprint density at radius 3 is 2.44 bits per heavy atom. The summed E-state index contributed by atoms with van der Waals surface area (Å²) in [5, 5.41) is 0. The molecule has 1 amide bonds. The van der Waals surface area contributed by atoms with Crippen LogP contribution in [-0.4, -0.2) is 34.1 Å². The molecule has 1 aliphatic heterocycles. The van der Waals surface area contributed by atoms with E-state index in [0.29, 0.717) is 6.07 Å². The van der Waals surface area contributed by atoms with Crippen LogP contribution < -0.4 is 10.5 Å². The quantitative estimate of drug-likeness (QED) is 0.810. The summed E-state index contributed by atoms with van der Waals surface area (Å²) in [6.45, 7) is 1.47. The zero-order valence-electron chi connectivity index (χ0n) is 13.5. The summed E-state index contributed by atoms with van der Waals surface area (Å²) in [6.07, 6.45) is -4.18. The van der Waals surface area contributed by atoms with E-state index in [4.69, 9.17) is 10.5 Å². The summed E-state index contributed by atoms with van der Waals surface area (Å²) in [4.78, 5) is 11.2. The number of carbonyl (C=O) groups is 1. The third kappa shape index (κ3) is 4.31. The van der Waals surface area contributed by atoms with Crippen LogP contribution in [0.25, 0.3) is 0 Å². The zero-order chi connectivity index (χ0) is 18.9. The van der Waals surface area contributed by atoms with Crippen molar-refractivity contribution in [3.8, 4) is 0 Å². The van der Waals surface area contributed by atoms with Crippen molar-refractivity contribution in [3.63, 3.8) is 0 Å². The van der Waals surface area contributed by atoms with Gasteiger partial charge in [-0.1, -0.05) is 6.07 Å². The fourth-order valence-electron chi connectivity index (χ4n) is 2.66. The van der Waals surface area contributed by atoms with Crippen LogP contribution in [0.3, 0.4) is 0 Å². The van der Waals surface area contributed by atoms with Crippen molar-refractivity contribution in [3.05, 3.63) is 29.3 Å². The van der Waals surface area contributed by atoms with Crippen molar-refractivity contribution in [1.29, 1.82) is 0 Å². The Hall–Kier alpha value is -1.65. The zero-order valence-corrected chi connectivity index (χ0v) is 14.3. The standard InChI is InChI=1S/C15H19F3N2O4S/c1-10-2-3-11(8-12(10)15(16,17)18)25(22,23)20-9-14(13(19)21)4-6-24-7-5-14/h2-3,8,20H,4-7,9H2,1H3,(H2,19,21). The molecule has 6 nitrogen and oxygen atoms in total. The van der Waals surface area contributed by atoms with Gasteiger partial charge in [0, 0.05) is 19.8 Å². The molecular weight excluding hydrogens is 361 g/mol. The molecule has 140 valence electrons. The van der Waals surface area contributed by atoms with E-state index < -0.39 is 38.0 Å². The number of ether oxygens (including phenoxy) is 1. The van der Waals surface area contributed by atoms with Crippen molar-refractivity contribution >= 4 is 15.9 Å². The first-order chi connectivity index (χ1) is 11.5. The minimum Gasteiger partial charge on any atom is -0.381 e. The lowest BCUT2D eigenvalue weighted by Gasteiger charge is -2.34. The predicted octanol–water partition coefficient (Wildman–Crippen LogP) is 1.57. The Bertz CT molecular complexity index is 757. The van der Waals surface area contributed by atoms with Gasteiger partial charge in [0.2, 0.25) is 15.9 Å². The SMILES string of the molecule is Cc1ccc(S(=O)(=O)NCC2(C(N)=O)CCOCC2)cc1C(F)(F)F. The van der Waals surface area contributed by atoms with Crippen molar-refractivity contribution in [2.45, 2.75) is 30.8 Å². The van der Waals surface area contributed by atoms with Gasteiger partial charge >= 0.3 is 6.18 Å². The lowest BCUT2D eigenvalue weighted by atomic mass is 9.80. The number of hydrogen-bond acceptors (Lipinski definition) is 4. The topological polar surface area (TPSA) is 98.5 Å². The summed E-state index contributed by atoms with van der Waals surface area (Å²) in [5.41, 5.74) is 3.18. The molecule has 0 atom stereocenters. The number of primary amides is 1. The van der Waals surface area contributed by atoms with Gasteiger partial charge in [0.25, 0.3) is 0 Å². The molecule has 0 bridgehead atoms. The van der Waals surface area contributed by atoms with Crippen LogP contribution in [0.1, 0.15) is 24.0 Å². The minimum atomic E-state index is -4.66. The van der Waals surface area contributed by atoms with Crippen LogP contribution >= 0.6 is 0 Å². The van der Waals surface area contributed by atoms with E-state index in [1.165, 1.54) is 6.92 Å². The number of hydrogen-bond donors (Lipinski definition) is 2. The van der Waals surface area contributed by atoms with Gasteiger partial charge in [-0.05, 0) is 37.5 Å². The maximum Gasteiger partial charge on any atom is 0.416 e. The summed E-state index contributed by atoms with van der Waals surface area (Å²) in [6, 6.07) is 2.77. The Kier molecular flexibility index (Phi) is 5.45. The average molecular weight is 380 g/mol. The maximum atomic E-state index is 13.0. The van der Waals surface area contributed by atoms with Gasteiger partial charge in [-0.15, -0.1) is 0 Å². The molecule has 2 rings (SSSR count). The Morgan fingerprint density at radius 1 is 1.32 bits per heavy atom. The monoisotopic (exact) mass is 380 g/mol. The van der Waals surface area contributed by atoms with Crippen molar-refractivity contribution < 1.29 is 31.1 Å². The lowest BCUT2D eigenvalue weighted by Crippen LogP contribution is -2.49. The van der Waals surface area contributed by atoms with Crippen molar-refractivity contribution in [2.75, 3.05) is 19.8 Å². The molecule has 1 fully saturated rings. The first-order valence-corrected chi connectivity index (χ1v) is 9.01. The second kappa shape index (κ2) is 6.93. The summed E-state index contributed by atoms with van der Waals surface area (Å²) in [5.74, 6) is -0.668. The number of rotatable bonds is 5. The Balaban J connectivity index is 2.26. The molecule has 0 radical (unpaired) electrons. The molecule has 0 saturated carbocycles. The van der Waals surface area contributed by atoms with Gasteiger partial charge in [-0.25, -0.2) is 13.1 Å². The molecule has 0 unspecified atom stereocenters. The first-order valence-electron chi connectivity index (χ1n) is 7.53. The number of nitrogens with two attached hydrogens (primary N) is 1. The number of benzene rings is 1. The second-order valence-electron chi connectivity index (χ2n) is 6.06. The predicted molar refractivity (Wildman–Crippen MR) is 83.0 cm³/mol. The van der Waals surface area contributed by atoms with Crippen molar-refractivity contribution in [1.82, 2.24) is 4.72 Å². The molecule has 10 heteroatoms. The normalized spacial score (nSPS) is 18.1. The molecule has 1 saturated heterocycles. The molecule has 1 heterocycles. The van der Waals surface area contributed by atoms with E-state index in [1.807, 2.05) is 0 Å². The van der Waals surface area contributed by atoms with E-state index in [9.17, 15) is 26.4 Å². The van der Waals surface area contributed by atoms with E-state index in [2.05, 4.69) is 4.72 Å². The Morgan fingerprint density at radius 2 is 1.92 bits per heavy atom. The molecule has 25 heavy (non-hydrogen) atoms. The van der Waals surface area contributed by atoms with Crippen LogP contribution in [-0.2, 0) is 25.7 Å². The average Bonchev–Trinajstić information content (AvgIpc) is 2.53. The first kappa shape index (κ1) is 19.7. The van der Waals surface area contributed by atoms with Crippen LogP contribution in [0, 0.1) is 12.3 Å². The van der Waals surface area contributed by atoms with E-state index >= 15 is 0 Å². The van der Waals surface area contributed by atoms with Gasteiger partial charge in [0.1, 0.15) is 0 Å². The number of nitrogens with one attached hydrogen (secondary N) is 1. The molecule has 1 aliphatic rings. The smallest absolute Gasteiger partial charge is 0.381 e. The van der Waals surface area contributed by atoms with Crippen LogP contribution in [0.4, 0.5) is 13.2 Å². The third-order valence-electron chi connectivity index (χ3n) is 4.40. The van der Waals surface area contributed by atoms with Gasteiger partial charge in [-0.3, -0.25) is 4.79 Å². The van der Waals surface area contributed by atoms with Gasteiger partial charge in [-0.2, -0.15) is 13.2 Å². The molecular formula is C15H19F3N2O4S. The summed E-state index contributed by atoms with van der Waals surface area (Å²) >= 11 is 0. The number of halogens is 3. The van der Waals surface area contributed by atoms with Gasteiger partial charge in [0.05, 0.1) is 15.9 Å². The highest BCUT2D eigenvalue weighted by Gasteiger charge is 2.40. The highest BCUT2D eigenvalue weighted by molar-refractivity contribution is 7.89. The third-order valence-corrected chi connectivity index (χ3v) is 5.80. The van der Waals surface area contributed by atoms with Crippen LogP contribution in [0.15, 0.2) is 23.1 Å². The summed E-state index contributed by atoms with van der Waals surface area (Å²) < 4.78 is 71.0. The molecule has 0 aliphatic carbocycles. The molecule has 1 aromatic carbocycles. The Labute approximate surface area is 143 Å². The minimum absolute atomic E-state index is 0.0792. The van der Waals surface area contributed by atoms with E-state index in [-0.39, 0.29) is 38.2 Å². The number of sulfonamides is 1. The number of alkyl halides is 3. The highest BCUT2D eigenvalue weighted by atomic mass is 32.2. The largest absolute Gasteiger partial charge is 0.416 e. The second-order valence-corrected chi connectivity index (χ2v) is 7.82. The van der Waals surface area contributed by atoms with Crippen LogP contribution in [0.2, 0.25) is 0 Å².